The maximum absolute atomic E-state index is 11.2. The summed E-state index contributed by atoms with van der Waals surface area (Å²) in [5, 5.41) is 0.540. The molecule has 1 aromatic rings. The molecule has 1 aromatic carbocycles. The lowest BCUT2D eigenvalue weighted by atomic mass is 9.86. The van der Waals surface area contributed by atoms with E-state index in [9.17, 15) is 14.7 Å². The van der Waals surface area contributed by atoms with Crippen LogP contribution in [0.3, 0.4) is 0 Å². The molecule has 31 heavy (non-hydrogen) atoms. The second-order valence-corrected chi connectivity index (χ2v) is 12.4. The molecule has 0 spiro atoms. The minimum atomic E-state index is -3.59. The normalized spacial score (nSPS) is 14.2. The molecule has 0 fully saturated rings. The molecular formula is C24H45O5P2+. The summed E-state index contributed by atoms with van der Waals surface area (Å²) in [6.07, 6.45) is 13.5. The van der Waals surface area contributed by atoms with E-state index in [-0.39, 0.29) is 5.41 Å². The zero-order valence-corrected chi connectivity index (χ0v) is 22.1. The van der Waals surface area contributed by atoms with Gasteiger partial charge in [-0.15, -0.1) is 0 Å². The van der Waals surface area contributed by atoms with Gasteiger partial charge < -0.3 is 9.79 Å². The van der Waals surface area contributed by atoms with Gasteiger partial charge in [0.05, 0.1) is 6.61 Å². The van der Waals surface area contributed by atoms with Gasteiger partial charge in [-0.2, -0.15) is 9.42 Å². The lowest BCUT2D eigenvalue weighted by Crippen LogP contribution is -2.27. The molecule has 3 N–H and O–H groups in total. The van der Waals surface area contributed by atoms with Crippen LogP contribution in [-0.4, -0.2) is 21.3 Å². The van der Waals surface area contributed by atoms with Gasteiger partial charge in [0.2, 0.25) is 0 Å². The third-order valence-corrected chi connectivity index (χ3v) is 8.44. The summed E-state index contributed by atoms with van der Waals surface area (Å²) in [5.41, 5.74) is 1.61. The molecule has 0 radical (unpaired) electrons. The van der Waals surface area contributed by atoms with Crippen LogP contribution in [0, 0.1) is 6.92 Å². The Morgan fingerprint density at radius 3 is 1.87 bits per heavy atom. The number of hydrogen-bond donors (Lipinski definition) is 3. The molecule has 0 bridgehead atoms. The Morgan fingerprint density at radius 2 is 1.39 bits per heavy atom. The van der Waals surface area contributed by atoms with Crippen molar-refractivity contribution in [2.45, 2.75) is 111 Å². The van der Waals surface area contributed by atoms with Crippen LogP contribution >= 0.6 is 16.5 Å². The fourth-order valence-electron chi connectivity index (χ4n) is 3.70. The first-order valence-electron chi connectivity index (χ1n) is 11.9. The summed E-state index contributed by atoms with van der Waals surface area (Å²) in [5.74, 6) is 0. The topological polar surface area (TPSA) is 79.2 Å². The van der Waals surface area contributed by atoms with Crippen LogP contribution in [0.4, 0.5) is 0 Å². The zero-order chi connectivity index (χ0) is 23.3. The average molecular weight is 476 g/mol. The van der Waals surface area contributed by atoms with Gasteiger partial charge in [0, 0.05) is 5.56 Å². The number of hydrogen-bond acceptors (Lipinski definition) is 5. The molecule has 0 saturated heterocycles. The summed E-state index contributed by atoms with van der Waals surface area (Å²) in [7, 11) is -6.33. The highest BCUT2D eigenvalue weighted by Gasteiger charge is 2.50. The van der Waals surface area contributed by atoms with E-state index in [0.29, 0.717) is 11.9 Å². The highest BCUT2D eigenvalue weighted by atomic mass is 31.3. The predicted molar refractivity (Wildman–Crippen MR) is 134 cm³/mol. The van der Waals surface area contributed by atoms with Crippen molar-refractivity contribution in [3.8, 4) is 0 Å². The van der Waals surface area contributed by atoms with E-state index in [1.807, 2.05) is 25.1 Å². The maximum Gasteiger partial charge on any atom is 0.454 e. The molecule has 180 valence electrons. The van der Waals surface area contributed by atoms with Crippen molar-refractivity contribution in [1.82, 2.24) is 0 Å². The van der Waals surface area contributed by atoms with Crippen LogP contribution in [0.15, 0.2) is 18.2 Å². The van der Waals surface area contributed by atoms with E-state index in [0.717, 1.165) is 30.4 Å². The van der Waals surface area contributed by atoms with Gasteiger partial charge in [0.15, 0.2) is 5.30 Å². The zero-order valence-electron chi connectivity index (χ0n) is 20.3. The number of benzene rings is 1. The van der Waals surface area contributed by atoms with E-state index in [2.05, 4.69) is 27.7 Å². The van der Waals surface area contributed by atoms with Crippen molar-refractivity contribution in [3.05, 3.63) is 29.3 Å². The molecule has 7 heteroatoms. The van der Waals surface area contributed by atoms with Crippen molar-refractivity contribution >= 4 is 21.9 Å². The van der Waals surface area contributed by atoms with E-state index < -0.39 is 16.5 Å². The molecule has 0 aliphatic rings. The van der Waals surface area contributed by atoms with E-state index in [1.54, 1.807) is 0 Å². The summed E-state index contributed by atoms with van der Waals surface area (Å²) >= 11 is 0. The quantitative estimate of drug-likeness (QED) is 0.174. The Balaban J connectivity index is 2.53. The van der Waals surface area contributed by atoms with E-state index in [1.165, 1.54) is 51.4 Å². The van der Waals surface area contributed by atoms with Crippen molar-refractivity contribution in [1.29, 1.82) is 0 Å². The SMILES string of the molecule is CCCCCCCCCCCCCO[P+](O)(OP(O)O)c1cc(C)ccc1C(C)(C)C. The van der Waals surface area contributed by atoms with Gasteiger partial charge in [0.1, 0.15) is 0 Å². The Labute approximate surface area is 192 Å². The molecule has 0 saturated carbocycles. The summed E-state index contributed by atoms with van der Waals surface area (Å²) in [6, 6.07) is 5.79. The average Bonchev–Trinajstić information content (AvgIpc) is 2.67. The lowest BCUT2D eigenvalue weighted by Gasteiger charge is -2.25. The van der Waals surface area contributed by atoms with Crippen LogP contribution in [0.5, 0.6) is 0 Å². The maximum atomic E-state index is 11.2. The van der Waals surface area contributed by atoms with Crippen molar-refractivity contribution in [2.75, 3.05) is 6.61 Å². The van der Waals surface area contributed by atoms with Gasteiger partial charge in [-0.25, -0.2) is 0 Å². The Kier molecular flexibility index (Phi) is 13.9. The Hall–Kier alpha value is -0.120. The van der Waals surface area contributed by atoms with Gasteiger partial charge in [-0.05, 0) is 30.4 Å². The molecule has 5 nitrogen and oxygen atoms in total. The van der Waals surface area contributed by atoms with E-state index in [4.69, 9.17) is 8.83 Å². The monoisotopic (exact) mass is 475 g/mol. The van der Waals surface area contributed by atoms with Gasteiger partial charge in [-0.1, -0.05) is 108 Å². The highest BCUT2D eigenvalue weighted by molar-refractivity contribution is 7.73. The third-order valence-electron chi connectivity index (χ3n) is 5.46. The molecule has 0 aliphatic carbocycles. The molecule has 1 unspecified atom stereocenters. The van der Waals surface area contributed by atoms with Crippen molar-refractivity contribution < 1.29 is 23.5 Å². The lowest BCUT2D eigenvalue weighted by molar-refractivity contribution is 0.228. The summed E-state index contributed by atoms with van der Waals surface area (Å²) in [6.45, 7) is 10.7. The molecule has 0 aliphatic heterocycles. The summed E-state index contributed by atoms with van der Waals surface area (Å²) < 4.78 is 11.1. The molecule has 1 rings (SSSR count). The van der Waals surface area contributed by atoms with Gasteiger partial charge in [0.25, 0.3) is 0 Å². The Morgan fingerprint density at radius 1 is 0.871 bits per heavy atom. The van der Waals surface area contributed by atoms with Crippen LogP contribution in [-0.2, 0) is 14.2 Å². The van der Waals surface area contributed by atoms with Crippen LogP contribution in [0.1, 0.15) is 109 Å². The van der Waals surface area contributed by atoms with Crippen LogP contribution in [0.2, 0.25) is 0 Å². The third kappa shape index (κ3) is 11.5. The number of aryl methyl sites for hydroxylation is 1. The summed E-state index contributed by atoms with van der Waals surface area (Å²) in [4.78, 5) is 30.2. The fraction of sp³-hybridized carbons (Fsp3) is 0.750. The first-order valence-corrected chi connectivity index (χ1v) is 14.6. The first kappa shape index (κ1) is 28.9. The fourth-order valence-corrected chi connectivity index (χ4v) is 6.63. The largest absolute Gasteiger partial charge is 0.454 e. The number of rotatable bonds is 16. The number of unbranched alkanes of at least 4 members (excludes halogenated alkanes) is 10. The van der Waals surface area contributed by atoms with E-state index >= 15 is 0 Å². The molecule has 0 aromatic heterocycles. The predicted octanol–water partition coefficient (Wildman–Crippen LogP) is 7.23. The van der Waals surface area contributed by atoms with Gasteiger partial charge in [-0.3, -0.25) is 0 Å². The molecule has 0 amide bonds. The van der Waals surface area contributed by atoms with Crippen LogP contribution in [0.25, 0.3) is 0 Å². The van der Waals surface area contributed by atoms with Crippen molar-refractivity contribution in [2.24, 2.45) is 0 Å². The first-order chi connectivity index (χ1) is 14.6. The highest BCUT2D eigenvalue weighted by Crippen LogP contribution is 2.64. The molecular weight excluding hydrogens is 430 g/mol. The second-order valence-electron chi connectivity index (χ2n) is 9.49. The minimum absolute atomic E-state index is 0.242. The molecule has 1 atom stereocenters. The minimum Gasteiger partial charge on any atom is -0.326 e. The van der Waals surface area contributed by atoms with Crippen LogP contribution < -0.4 is 5.30 Å². The standard InChI is InChI=1S/C24H45O5P2/c1-6-7-8-9-10-11-12-13-14-15-16-19-28-31(27,29-30(25)26)23-20-21(2)17-18-22(23)24(3,4)5/h17-18,20,25-27H,6-16,19H2,1-5H3/q+1. The Bertz CT molecular complexity index is 618. The smallest absolute Gasteiger partial charge is 0.326 e. The van der Waals surface area contributed by atoms with Gasteiger partial charge >= 0.3 is 16.5 Å². The van der Waals surface area contributed by atoms with Crippen molar-refractivity contribution in [3.63, 3.8) is 0 Å². The molecule has 0 heterocycles. The second kappa shape index (κ2) is 14.9.